The van der Waals surface area contributed by atoms with Crippen LogP contribution >= 0.6 is 0 Å². The molecule has 0 heterocycles. The molecule has 0 fully saturated rings. The molecule has 0 bridgehead atoms. The first kappa shape index (κ1) is 18.4. The summed E-state index contributed by atoms with van der Waals surface area (Å²) in [7, 11) is 6.19. The molecule has 0 aromatic heterocycles. The van der Waals surface area contributed by atoms with Gasteiger partial charge >= 0.3 is 0 Å². The summed E-state index contributed by atoms with van der Waals surface area (Å²) in [6, 6.07) is 0. The topological polar surface area (TPSA) is 28.0 Å². The number of allylic oxidation sites excluding steroid dienone is 3. The molecule has 4 heteroatoms. The number of aliphatic imine (C=N–C) groups is 2. The minimum Gasteiger partial charge on any atom is -0.362 e. The monoisotopic (exact) mass is 271 g/mol. The molecule has 0 aromatic carbocycles. The second-order valence-corrected chi connectivity index (χ2v) is 4.33. The highest BCUT2D eigenvalue weighted by atomic mass is 15.2. The van der Waals surface area contributed by atoms with E-state index in [2.05, 4.69) is 48.6 Å². The molecule has 0 aliphatic carbocycles. The van der Waals surface area contributed by atoms with E-state index in [1.165, 1.54) is 0 Å². The quantitative estimate of drug-likeness (QED) is 0.340. The SMILES string of the molecule is [B]C(CC)N(CCC)/C(N=C)=C(\C=C)C(C=C)=NCC. The molecule has 1 atom stereocenters. The fourth-order valence-corrected chi connectivity index (χ4v) is 1.96. The molecule has 0 aromatic rings. The summed E-state index contributed by atoms with van der Waals surface area (Å²) in [5.41, 5.74) is 1.60. The van der Waals surface area contributed by atoms with Gasteiger partial charge in [-0.15, -0.1) is 0 Å². The average molecular weight is 271 g/mol. The summed E-state index contributed by atoms with van der Waals surface area (Å²) in [6.07, 6.45) is 5.27. The highest BCUT2D eigenvalue weighted by molar-refractivity contribution is 6.12. The smallest absolute Gasteiger partial charge is 0.136 e. The largest absolute Gasteiger partial charge is 0.362 e. The lowest BCUT2D eigenvalue weighted by Gasteiger charge is -2.32. The van der Waals surface area contributed by atoms with Gasteiger partial charge in [-0.1, -0.05) is 33.1 Å². The molecule has 0 spiro atoms. The van der Waals surface area contributed by atoms with Gasteiger partial charge in [0.25, 0.3) is 0 Å². The van der Waals surface area contributed by atoms with Crippen molar-refractivity contribution in [2.24, 2.45) is 9.98 Å². The minimum atomic E-state index is -0.0990. The standard InChI is InChI=1S/C16H26BN3/c1-7-12-20(15(17)10-4)16(18-6)13(8-2)14(9-3)19-11-5/h8-9,15H,2-3,6-7,10-12H2,1,4-5H3/b16-13+,19-14?. The third-order valence-electron chi connectivity index (χ3n) is 2.95. The Kier molecular flexibility index (Phi) is 9.43. The first-order valence-corrected chi connectivity index (χ1v) is 7.13. The van der Waals surface area contributed by atoms with Gasteiger partial charge in [0.15, 0.2) is 0 Å². The van der Waals surface area contributed by atoms with Crippen LogP contribution in [-0.2, 0) is 0 Å². The summed E-state index contributed by atoms with van der Waals surface area (Å²) in [6.45, 7) is 19.0. The second-order valence-electron chi connectivity index (χ2n) is 4.33. The van der Waals surface area contributed by atoms with Gasteiger partial charge in [-0.3, -0.25) is 4.99 Å². The summed E-state index contributed by atoms with van der Waals surface area (Å²) in [5, 5.41) is 0. The zero-order chi connectivity index (χ0) is 15.5. The molecule has 0 aliphatic heterocycles. The molecule has 0 aliphatic rings. The zero-order valence-electron chi connectivity index (χ0n) is 13.1. The van der Waals surface area contributed by atoms with Gasteiger partial charge in [-0.25, -0.2) is 4.99 Å². The lowest BCUT2D eigenvalue weighted by molar-refractivity contribution is 0.308. The van der Waals surface area contributed by atoms with Gasteiger partial charge < -0.3 is 4.90 Å². The van der Waals surface area contributed by atoms with E-state index in [0.29, 0.717) is 6.54 Å². The maximum atomic E-state index is 6.19. The first-order valence-electron chi connectivity index (χ1n) is 7.13. The number of hydrogen-bond acceptors (Lipinski definition) is 3. The van der Waals surface area contributed by atoms with Crippen molar-refractivity contribution in [3.05, 3.63) is 36.7 Å². The van der Waals surface area contributed by atoms with Crippen LogP contribution in [-0.4, -0.2) is 44.2 Å². The van der Waals surface area contributed by atoms with Crippen LogP contribution in [0.15, 0.2) is 46.7 Å². The normalized spacial score (nSPS) is 14.2. The Morgan fingerprint density at radius 2 is 1.90 bits per heavy atom. The van der Waals surface area contributed by atoms with Crippen molar-refractivity contribution < 1.29 is 0 Å². The van der Waals surface area contributed by atoms with Crippen molar-refractivity contribution in [2.75, 3.05) is 13.1 Å². The van der Waals surface area contributed by atoms with Crippen LogP contribution in [0.3, 0.4) is 0 Å². The Hall–Kier alpha value is -1.58. The van der Waals surface area contributed by atoms with Crippen molar-refractivity contribution in [2.45, 2.75) is 39.6 Å². The van der Waals surface area contributed by atoms with Crippen molar-refractivity contribution in [1.82, 2.24) is 4.90 Å². The molecule has 20 heavy (non-hydrogen) atoms. The Morgan fingerprint density at radius 1 is 1.25 bits per heavy atom. The first-order chi connectivity index (χ1) is 9.60. The molecule has 0 rings (SSSR count). The van der Waals surface area contributed by atoms with Gasteiger partial charge in [0, 0.05) is 18.7 Å². The Morgan fingerprint density at radius 3 is 2.25 bits per heavy atom. The van der Waals surface area contributed by atoms with Crippen LogP contribution in [0.4, 0.5) is 0 Å². The molecule has 108 valence electrons. The van der Waals surface area contributed by atoms with E-state index in [4.69, 9.17) is 7.85 Å². The third-order valence-corrected chi connectivity index (χ3v) is 2.95. The van der Waals surface area contributed by atoms with Crippen LogP contribution in [0.2, 0.25) is 0 Å². The van der Waals surface area contributed by atoms with Gasteiger partial charge in [0.2, 0.25) is 0 Å². The van der Waals surface area contributed by atoms with E-state index < -0.39 is 0 Å². The molecule has 0 amide bonds. The summed E-state index contributed by atoms with van der Waals surface area (Å²) < 4.78 is 0. The van der Waals surface area contributed by atoms with Crippen LogP contribution in [0.25, 0.3) is 0 Å². The highest BCUT2D eigenvalue weighted by Gasteiger charge is 2.18. The molecule has 0 N–H and O–H groups in total. The van der Waals surface area contributed by atoms with E-state index in [-0.39, 0.29) is 5.94 Å². The van der Waals surface area contributed by atoms with Gasteiger partial charge in [-0.2, -0.15) is 0 Å². The molecule has 1 unspecified atom stereocenters. The Labute approximate surface area is 125 Å². The third kappa shape index (κ3) is 4.84. The molecular weight excluding hydrogens is 245 g/mol. The zero-order valence-corrected chi connectivity index (χ0v) is 13.1. The van der Waals surface area contributed by atoms with Gasteiger partial charge in [0.1, 0.15) is 5.82 Å². The fourth-order valence-electron chi connectivity index (χ4n) is 1.96. The van der Waals surface area contributed by atoms with Crippen molar-refractivity contribution in [1.29, 1.82) is 0 Å². The molecule has 2 radical (unpaired) electrons. The van der Waals surface area contributed by atoms with Crippen molar-refractivity contribution in [3.63, 3.8) is 0 Å². The second kappa shape index (κ2) is 10.2. The van der Waals surface area contributed by atoms with E-state index in [9.17, 15) is 0 Å². The number of rotatable bonds is 10. The van der Waals surface area contributed by atoms with E-state index in [1.54, 1.807) is 12.2 Å². The van der Waals surface area contributed by atoms with Crippen molar-refractivity contribution >= 4 is 20.3 Å². The molecular formula is C16H26BN3. The van der Waals surface area contributed by atoms with E-state index >= 15 is 0 Å². The van der Waals surface area contributed by atoms with Crippen molar-refractivity contribution in [3.8, 4) is 0 Å². The van der Waals surface area contributed by atoms with E-state index in [0.717, 1.165) is 36.5 Å². The van der Waals surface area contributed by atoms with Gasteiger partial charge in [-0.05, 0) is 38.5 Å². The lowest BCUT2D eigenvalue weighted by atomic mass is 9.91. The highest BCUT2D eigenvalue weighted by Crippen LogP contribution is 2.19. The predicted octanol–water partition coefficient (Wildman–Crippen LogP) is 3.35. The summed E-state index contributed by atoms with van der Waals surface area (Å²) in [5.74, 6) is 0.626. The Bertz CT molecular complexity index is 397. The molecule has 0 saturated heterocycles. The number of hydrogen-bond donors (Lipinski definition) is 0. The molecule has 0 saturated carbocycles. The number of nitrogens with zero attached hydrogens (tertiary/aromatic N) is 3. The van der Waals surface area contributed by atoms with E-state index in [1.807, 2.05) is 6.92 Å². The predicted molar refractivity (Wildman–Crippen MR) is 91.8 cm³/mol. The van der Waals surface area contributed by atoms with Gasteiger partial charge in [0.05, 0.1) is 13.6 Å². The Balaban J connectivity index is 5.89. The van der Waals surface area contributed by atoms with Crippen LogP contribution in [0, 0.1) is 0 Å². The summed E-state index contributed by atoms with van der Waals surface area (Å²) >= 11 is 0. The van der Waals surface area contributed by atoms with Crippen LogP contribution in [0.1, 0.15) is 33.6 Å². The van der Waals surface area contributed by atoms with Crippen LogP contribution < -0.4 is 0 Å². The lowest BCUT2D eigenvalue weighted by Crippen LogP contribution is -2.35. The van der Waals surface area contributed by atoms with Crippen LogP contribution in [0.5, 0.6) is 0 Å². The maximum Gasteiger partial charge on any atom is 0.136 e. The fraction of sp³-hybridized carbons (Fsp3) is 0.500. The maximum absolute atomic E-state index is 6.19. The molecule has 3 nitrogen and oxygen atoms in total. The summed E-state index contributed by atoms with van der Waals surface area (Å²) in [4.78, 5) is 10.7. The minimum absolute atomic E-state index is 0.0990. The average Bonchev–Trinajstić information content (AvgIpc) is 2.48.